The Kier molecular flexibility index (Phi) is 7.65. The quantitative estimate of drug-likeness (QED) is 0.325. The number of nitrogens with one attached hydrogen (secondary N) is 1. The van der Waals surface area contributed by atoms with Gasteiger partial charge in [0.15, 0.2) is 0 Å². The first-order valence-corrected chi connectivity index (χ1v) is 11.9. The topological polar surface area (TPSA) is 119 Å². The van der Waals surface area contributed by atoms with Gasteiger partial charge in [0.05, 0.1) is 22.6 Å². The molecule has 0 saturated heterocycles. The van der Waals surface area contributed by atoms with Crippen molar-refractivity contribution in [3.8, 4) is 5.75 Å². The molecular weight excluding hydrogens is 505 g/mol. The zero-order valence-electron chi connectivity index (χ0n) is 18.0. The minimum Gasteiger partial charge on any atom is -0.497 e. The zero-order chi connectivity index (χ0) is 25.0. The molecule has 3 rings (SSSR count). The van der Waals surface area contributed by atoms with Gasteiger partial charge in [0.1, 0.15) is 12.3 Å². The molecular formula is C22H19Cl2N3O6S. The fourth-order valence-electron chi connectivity index (χ4n) is 3.09. The zero-order valence-corrected chi connectivity index (χ0v) is 20.3. The number of sulfonamides is 1. The second-order valence-corrected chi connectivity index (χ2v) is 9.86. The van der Waals surface area contributed by atoms with Crippen LogP contribution in [-0.4, -0.2) is 32.9 Å². The molecule has 0 aliphatic heterocycles. The predicted octanol–water partition coefficient (Wildman–Crippen LogP) is 5.05. The first-order valence-electron chi connectivity index (χ1n) is 9.69. The molecule has 0 atom stereocenters. The van der Waals surface area contributed by atoms with E-state index in [1.807, 2.05) is 0 Å². The Morgan fingerprint density at radius 2 is 1.68 bits per heavy atom. The molecule has 0 fully saturated rings. The van der Waals surface area contributed by atoms with Gasteiger partial charge >= 0.3 is 0 Å². The molecule has 9 nitrogen and oxygen atoms in total. The van der Waals surface area contributed by atoms with Crippen LogP contribution in [0, 0.1) is 17.0 Å². The van der Waals surface area contributed by atoms with Gasteiger partial charge in [0, 0.05) is 27.4 Å². The summed E-state index contributed by atoms with van der Waals surface area (Å²) in [5.41, 5.74) is 0.383. The summed E-state index contributed by atoms with van der Waals surface area (Å²) in [6, 6.07) is 13.9. The van der Waals surface area contributed by atoms with Crippen LogP contribution < -0.4 is 14.4 Å². The first kappa shape index (κ1) is 25.3. The number of carbonyl (C=O) groups excluding carboxylic acids is 1. The molecule has 0 unspecified atom stereocenters. The largest absolute Gasteiger partial charge is 0.497 e. The summed E-state index contributed by atoms with van der Waals surface area (Å²) in [5.74, 6) is -0.204. The Labute approximate surface area is 206 Å². The van der Waals surface area contributed by atoms with Crippen molar-refractivity contribution < 1.29 is 22.9 Å². The summed E-state index contributed by atoms with van der Waals surface area (Å²) in [6.07, 6.45) is 0. The molecule has 1 amide bonds. The summed E-state index contributed by atoms with van der Waals surface area (Å²) in [5, 5.41) is 14.5. The molecule has 0 aliphatic rings. The molecule has 0 saturated carbocycles. The van der Waals surface area contributed by atoms with Crippen molar-refractivity contribution in [1.82, 2.24) is 0 Å². The van der Waals surface area contributed by atoms with E-state index in [0.717, 1.165) is 10.4 Å². The number of carbonyl (C=O) groups is 1. The number of nitro groups is 1. The smallest absolute Gasteiger partial charge is 0.273 e. The number of halogens is 2. The molecule has 0 heterocycles. The van der Waals surface area contributed by atoms with Gasteiger partial charge < -0.3 is 10.1 Å². The highest BCUT2D eigenvalue weighted by molar-refractivity contribution is 7.92. The number of nitro benzene ring substituents is 1. The lowest BCUT2D eigenvalue weighted by Crippen LogP contribution is -2.38. The number of ether oxygens (including phenoxy) is 1. The summed E-state index contributed by atoms with van der Waals surface area (Å²) in [4.78, 5) is 23.2. The SMILES string of the molecule is COc1ccc(N(CC(=O)Nc2cc(Cl)cc(Cl)c2)S(=O)(=O)c2ccc(C)c([N+](=O)[O-])c2)cc1. The van der Waals surface area contributed by atoms with Crippen molar-refractivity contribution in [2.24, 2.45) is 0 Å². The number of anilines is 2. The summed E-state index contributed by atoms with van der Waals surface area (Å²) >= 11 is 11.9. The Bertz CT molecular complexity index is 1330. The van der Waals surface area contributed by atoms with Crippen LogP contribution in [0.15, 0.2) is 65.6 Å². The van der Waals surface area contributed by atoms with Gasteiger partial charge in [-0.1, -0.05) is 29.3 Å². The highest BCUT2D eigenvalue weighted by Gasteiger charge is 2.29. The summed E-state index contributed by atoms with van der Waals surface area (Å²) < 4.78 is 33.0. The van der Waals surface area contributed by atoms with Crippen molar-refractivity contribution in [2.75, 3.05) is 23.3 Å². The lowest BCUT2D eigenvalue weighted by atomic mass is 10.2. The van der Waals surface area contributed by atoms with Gasteiger partial charge in [-0.15, -0.1) is 0 Å². The van der Waals surface area contributed by atoms with Crippen molar-refractivity contribution in [3.63, 3.8) is 0 Å². The molecule has 0 aliphatic carbocycles. The van der Waals surface area contributed by atoms with E-state index in [0.29, 0.717) is 11.3 Å². The fourth-order valence-corrected chi connectivity index (χ4v) is 5.06. The standard InChI is InChI=1S/C22H19Cl2N3O6S/c1-14-3-8-20(12-21(14)27(29)30)34(31,32)26(18-4-6-19(33-2)7-5-18)13-22(28)25-17-10-15(23)9-16(24)11-17/h3-12H,13H2,1-2H3,(H,25,28). The second kappa shape index (κ2) is 10.3. The number of benzene rings is 3. The van der Waals surface area contributed by atoms with Crippen LogP contribution in [0.2, 0.25) is 10.0 Å². The second-order valence-electron chi connectivity index (χ2n) is 7.12. The van der Waals surface area contributed by atoms with Crippen molar-refractivity contribution in [3.05, 3.63) is 86.4 Å². The van der Waals surface area contributed by atoms with E-state index in [1.165, 1.54) is 68.6 Å². The fraction of sp³-hybridized carbons (Fsp3) is 0.136. The Hall–Kier alpha value is -3.34. The van der Waals surface area contributed by atoms with E-state index >= 15 is 0 Å². The maximum atomic E-state index is 13.5. The average Bonchev–Trinajstić information content (AvgIpc) is 2.76. The van der Waals surface area contributed by atoms with Gasteiger partial charge in [-0.3, -0.25) is 19.2 Å². The Balaban J connectivity index is 2.01. The molecule has 3 aromatic carbocycles. The number of hydrogen-bond donors (Lipinski definition) is 1. The number of hydrogen-bond acceptors (Lipinski definition) is 6. The lowest BCUT2D eigenvalue weighted by molar-refractivity contribution is -0.385. The van der Waals surface area contributed by atoms with Crippen LogP contribution in [0.5, 0.6) is 5.75 Å². The van der Waals surface area contributed by atoms with Crippen LogP contribution in [0.3, 0.4) is 0 Å². The normalized spacial score (nSPS) is 11.1. The number of methoxy groups -OCH3 is 1. The molecule has 0 bridgehead atoms. The average molecular weight is 524 g/mol. The van der Waals surface area contributed by atoms with Gasteiger partial charge in [0.25, 0.3) is 15.7 Å². The van der Waals surface area contributed by atoms with E-state index in [1.54, 1.807) is 0 Å². The monoisotopic (exact) mass is 523 g/mol. The van der Waals surface area contributed by atoms with E-state index in [2.05, 4.69) is 5.32 Å². The number of amides is 1. The minimum atomic E-state index is -4.38. The third-order valence-corrected chi connectivity index (χ3v) is 6.97. The molecule has 0 spiro atoms. The van der Waals surface area contributed by atoms with Gasteiger partial charge in [-0.2, -0.15) is 0 Å². The highest BCUT2D eigenvalue weighted by atomic mass is 35.5. The summed E-state index contributed by atoms with van der Waals surface area (Å²) in [7, 11) is -2.92. The third-order valence-electron chi connectivity index (χ3n) is 4.76. The predicted molar refractivity (Wildman–Crippen MR) is 130 cm³/mol. The maximum Gasteiger partial charge on any atom is 0.273 e. The van der Waals surface area contributed by atoms with Crippen molar-refractivity contribution in [2.45, 2.75) is 11.8 Å². The maximum absolute atomic E-state index is 13.5. The number of aryl methyl sites for hydroxylation is 1. The van der Waals surface area contributed by atoms with Crippen LogP contribution in [0.25, 0.3) is 0 Å². The van der Waals surface area contributed by atoms with E-state index < -0.39 is 27.4 Å². The molecule has 178 valence electrons. The molecule has 12 heteroatoms. The van der Waals surface area contributed by atoms with Gasteiger partial charge in [-0.25, -0.2) is 8.42 Å². The number of rotatable bonds is 8. The van der Waals surface area contributed by atoms with Gasteiger partial charge in [-0.05, 0) is 55.5 Å². The highest BCUT2D eigenvalue weighted by Crippen LogP contribution is 2.29. The van der Waals surface area contributed by atoms with E-state index in [4.69, 9.17) is 27.9 Å². The van der Waals surface area contributed by atoms with Crippen LogP contribution in [0.1, 0.15) is 5.56 Å². The lowest BCUT2D eigenvalue weighted by Gasteiger charge is -2.24. The minimum absolute atomic E-state index is 0.156. The third kappa shape index (κ3) is 5.77. The first-order chi connectivity index (χ1) is 16.0. The van der Waals surface area contributed by atoms with E-state index in [-0.39, 0.29) is 32.0 Å². The molecule has 34 heavy (non-hydrogen) atoms. The van der Waals surface area contributed by atoms with Crippen molar-refractivity contribution >= 4 is 56.2 Å². The summed E-state index contributed by atoms with van der Waals surface area (Å²) in [6.45, 7) is 0.875. The Morgan fingerprint density at radius 3 is 2.24 bits per heavy atom. The van der Waals surface area contributed by atoms with E-state index in [9.17, 15) is 23.3 Å². The molecule has 3 aromatic rings. The van der Waals surface area contributed by atoms with Crippen LogP contribution in [-0.2, 0) is 14.8 Å². The number of nitrogens with zero attached hydrogens (tertiary/aromatic N) is 2. The van der Waals surface area contributed by atoms with Crippen LogP contribution >= 0.6 is 23.2 Å². The molecule has 1 N–H and O–H groups in total. The molecule has 0 aromatic heterocycles. The molecule has 0 radical (unpaired) electrons. The van der Waals surface area contributed by atoms with Crippen LogP contribution in [0.4, 0.5) is 17.1 Å². The Morgan fingerprint density at radius 1 is 1.06 bits per heavy atom. The van der Waals surface area contributed by atoms with Gasteiger partial charge in [0.2, 0.25) is 5.91 Å². The van der Waals surface area contributed by atoms with Crippen molar-refractivity contribution in [1.29, 1.82) is 0 Å².